The Kier molecular flexibility index (Phi) is 6.81. The molecular weight excluding hydrogens is 342 g/mol. The minimum absolute atomic E-state index is 0.0348. The topological polar surface area (TPSA) is 83.1 Å². The number of piperidine rings is 1. The molecule has 0 bridgehead atoms. The fourth-order valence-corrected chi connectivity index (χ4v) is 3.38. The highest BCUT2D eigenvalue weighted by Gasteiger charge is 2.28. The molecule has 7 nitrogen and oxygen atoms in total. The third-order valence-electron chi connectivity index (χ3n) is 5.10. The molecule has 1 saturated heterocycles. The summed E-state index contributed by atoms with van der Waals surface area (Å²) in [6.07, 6.45) is 7.75. The van der Waals surface area contributed by atoms with E-state index in [1.807, 2.05) is 19.1 Å². The predicted molar refractivity (Wildman–Crippen MR) is 105 cm³/mol. The molecule has 146 valence electrons. The van der Waals surface area contributed by atoms with Crippen molar-refractivity contribution in [3.63, 3.8) is 0 Å². The second-order valence-corrected chi connectivity index (χ2v) is 7.09. The summed E-state index contributed by atoms with van der Waals surface area (Å²) in [7, 11) is 0. The lowest BCUT2D eigenvalue weighted by Gasteiger charge is -2.35. The zero-order valence-corrected chi connectivity index (χ0v) is 16.1. The lowest BCUT2D eigenvalue weighted by Crippen LogP contribution is -2.46. The fraction of sp³-hybridized carbons (Fsp3) is 0.550. The van der Waals surface area contributed by atoms with Crippen LogP contribution in [-0.2, 0) is 4.79 Å². The number of nitrogens with zero attached hydrogens (tertiary/aromatic N) is 3. The molecule has 3 rings (SSSR count). The van der Waals surface area contributed by atoms with Gasteiger partial charge in [-0.2, -0.15) is 5.10 Å². The van der Waals surface area contributed by atoms with Crippen LogP contribution in [0.4, 0.5) is 5.82 Å². The Morgan fingerprint density at radius 2 is 2.33 bits per heavy atom. The number of nitrogens with one attached hydrogen (secondary N) is 2. The van der Waals surface area contributed by atoms with Gasteiger partial charge in [-0.25, -0.2) is 4.98 Å². The Morgan fingerprint density at radius 1 is 1.44 bits per heavy atom. The molecule has 1 unspecified atom stereocenters. The van der Waals surface area contributed by atoms with E-state index in [-0.39, 0.29) is 11.9 Å². The second kappa shape index (κ2) is 9.50. The van der Waals surface area contributed by atoms with E-state index in [2.05, 4.69) is 32.3 Å². The normalized spacial score (nSPS) is 18.8. The van der Waals surface area contributed by atoms with Crippen LogP contribution >= 0.6 is 0 Å². The van der Waals surface area contributed by atoms with Gasteiger partial charge in [-0.15, -0.1) is 0 Å². The highest BCUT2D eigenvalue weighted by molar-refractivity contribution is 5.93. The van der Waals surface area contributed by atoms with Gasteiger partial charge in [0.1, 0.15) is 11.6 Å². The maximum absolute atomic E-state index is 12.7. The summed E-state index contributed by atoms with van der Waals surface area (Å²) in [4.78, 5) is 19.2. The van der Waals surface area contributed by atoms with E-state index in [4.69, 9.17) is 4.74 Å². The van der Waals surface area contributed by atoms with Crippen LogP contribution in [-0.4, -0.2) is 51.7 Å². The number of ether oxygens (including phenoxy) is 1. The van der Waals surface area contributed by atoms with E-state index in [0.717, 1.165) is 50.2 Å². The second-order valence-electron chi connectivity index (χ2n) is 7.09. The van der Waals surface area contributed by atoms with E-state index in [9.17, 15) is 4.79 Å². The molecule has 0 aromatic carbocycles. The van der Waals surface area contributed by atoms with Crippen molar-refractivity contribution < 1.29 is 9.53 Å². The number of rotatable bonds is 8. The SMILES string of the molecule is CCCCOc1ccc(NC(=O)[C@H](C)N2CCCC(c3ccn[nH]3)C2)nc1. The number of hydrogen-bond acceptors (Lipinski definition) is 5. The summed E-state index contributed by atoms with van der Waals surface area (Å²) in [5.74, 6) is 1.64. The molecule has 0 spiro atoms. The minimum atomic E-state index is -0.210. The van der Waals surface area contributed by atoms with Crippen LogP contribution < -0.4 is 10.1 Å². The van der Waals surface area contributed by atoms with Crippen LogP contribution in [0.15, 0.2) is 30.6 Å². The molecular formula is C20H29N5O2. The summed E-state index contributed by atoms with van der Waals surface area (Å²) in [5, 5.41) is 10.0. The monoisotopic (exact) mass is 371 g/mol. The van der Waals surface area contributed by atoms with Crippen molar-refractivity contribution in [1.82, 2.24) is 20.1 Å². The van der Waals surface area contributed by atoms with Gasteiger partial charge in [0.25, 0.3) is 0 Å². The first kappa shape index (κ1) is 19.4. The van der Waals surface area contributed by atoms with Crippen molar-refractivity contribution in [3.8, 4) is 5.75 Å². The van der Waals surface area contributed by atoms with Gasteiger partial charge in [0, 0.05) is 24.4 Å². The van der Waals surface area contributed by atoms with Gasteiger partial charge in [-0.1, -0.05) is 13.3 Å². The Labute approximate surface area is 160 Å². The highest BCUT2D eigenvalue weighted by atomic mass is 16.5. The fourth-order valence-electron chi connectivity index (χ4n) is 3.38. The van der Waals surface area contributed by atoms with E-state index in [1.54, 1.807) is 18.5 Å². The number of anilines is 1. The molecule has 1 fully saturated rings. The molecule has 3 heterocycles. The third-order valence-corrected chi connectivity index (χ3v) is 5.10. The molecule has 0 saturated carbocycles. The summed E-state index contributed by atoms with van der Waals surface area (Å²) < 4.78 is 5.60. The lowest BCUT2D eigenvalue weighted by molar-refractivity contribution is -0.121. The number of carbonyl (C=O) groups is 1. The van der Waals surface area contributed by atoms with Crippen LogP contribution in [0, 0.1) is 0 Å². The van der Waals surface area contributed by atoms with Crippen molar-refractivity contribution >= 4 is 11.7 Å². The Bertz CT molecular complexity index is 702. The van der Waals surface area contributed by atoms with Crippen LogP contribution in [0.5, 0.6) is 5.75 Å². The van der Waals surface area contributed by atoms with Crippen molar-refractivity contribution in [3.05, 3.63) is 36.3 Å². The average molecular weight is 371 g/mol. The van der Waals surface area contributed by atoms with E-state index < -0.39 is 0 Å². The zero-order chi connectivity index (χ0) is 19.1. The van der Waals surface area contributed by atoms with Crippen LogP contribution in [0.2, 0.25) is 0 Å². The van der Waals surface area contributed by atoms with E-state index in [0.29, 0.717) is 18.3 Å². The summed E-state index contributed by atoms with van der Waals surface area (Å²) in [6, 6.07) is 5.44. The molecule has 2 atom stereocenters. The number of aromatic nitrogens is 3. The van der Waals surface area contributed by atoms with Crippen molar-refractivity contribution in [2.75, 3.05) is 25.0 Å². The molecule has 1 aliphatic rings. The summed E-state index contributed by atoms with van der Waals surface area (Å²) in [6.45, 7) is 6.55. The van der Waals surface area contributed by atoms with E-state index in [1.165, 1.54) is 0 Å². The first-order valence-corrected chi connectivity index (χ1v) is 9.80. The number of aromatic amines is 1. The quantitative estimate of drug-likeness (QED) is 0.696. The lowest BCUT2D eigenvalue weighted by atomic mass is 9.94. The molecule has 2 N–H and O–H groups in total. The molecule has 0 radical (unpaired) electrons. The van der Waals surface area contributed by atoms with Gasteiger partial charge in [-0.3, -0.25) is 14.8 Å². The number of unbranched alkanes of at least 4 members (excludes halogenated alkanes) is 1. The minimum Gasteiger partial charge on any atom is -0.492 e. The first-order chi connectivity index (χ1) is 13.2. The molecule has 7 heteroatoms. The number of likely N-dealkylation sites (tertiary alicyclic amines) is 1. The van der Waals surface area contributed by atoms with Gasteiger partial charge < -0.3 is 10.1 Å². The highest BCUT2D eigenvalue weighted by Crippen LogP contribution is 2.26. The van der Waals surface area contributed by atoms with Gasteiger partial charge in [0.2, 0.25) is 5.91 Å². The Balaban J connectivity index is 1.52. The molecule has 0 aliphatic carbocycles. The number of pyridine rings is 1. The maximum atomic E-state index is 12.7. The van der Waals surface area contributed by atoms with Crippen LogP contribution in [0.25, 0.3) is 0 Å². The molecule has 1 aliphatic heterocycles. The molecule has 2 aromatic rings. The molecule has 27 heavy (non-hydrogen) atoms. The van der Waals surface area contributed by atoms with Gasteiger partial charge in [-0.05, 0) is 50.9 Å². The Hall–Kier alpha value is -2.41. The predicted octanol–water partition coefficient (Wildman–Crippen LogP) is 3.19. The van der Waals surface area contributed by atoms with Crippen molar-refractivity contribution in [2.24, 2.45) is 0 Å². The van der Waals surface area contributed by atoms with Gasteiger partial charge in [0.05, 0.1) is 18.8 Å². The Morgan fingerprint density at radius 3 is 3.04 bits per heavy atom. The third kappa shape index (κ3) is 5.29. The standard InChI is InChI=1S/C20H29N5O2/c1-3-4-12-27-17-7-8-19(21-13-17)23-20(26)15(2)25-11-5-6-16(14-25)18-9-10-22-24-18/h7-10,13,15-16H,3-6,11-12,14H2,1-2H3,(H,22,24)(H,21,23,26)/t15-,16?/m0/s1. The number of hydrogen-bond donors (Lipinski definition) is 2. The summed E-state index contributed by atoms with van der Waals surface area (Å²) >= 11 is 0. The first-order valence-electron chi connectivity index (χ1n) is 9.80. The van der Waals surface area contributed by atoms with E-state index >= 15 is 0 Å². The summed E-state index contributed by atoms with van der Waals surface area (Å²) in [5.41, 5.74) is 1.15. The van der Waals surface area contributed by atoms with Crippen LogP contribution in [0.1, 0.15) is 51.1 Å². The number of carbonyl (C=O) groups excluding carboxylic acids is 1. The number of amides is 1. The van der Waals surface area contributed by atoms with Crippen molar-refractivity contribution in [1.29, 1.82) is 0 Å². The number of H-pyrrole nitrogens is 1. The molecule has 2 aromatic heterocycles. The van der Waals surface area contributed by atoms with Crippen LogP contribution in [0.3, 0.4) is 0 Å². The maximum Gasteiger partial charge on any atom is 0.242 e. The largest absolute Gasteiger partial charge is 0.492 e. The average Bonchev–Trinajstić information content (AvgIpc) is 3.24. The van der Waals surface area contributed by atoms with Gasteiger partial charge in [0.15, 0.2) is 0 Å². The van der Waals surface area contributed by atoms with Gasteiger partial charge >= 0.3 is 0 Å². The van der Waals surface area contributed by atoms with Crippen molar-refractivity contribution in [2.45, 2.75) is 51.5 Å². The smallest absolute Gasteiger partial charge is 0.242 e. The molecule has 1 amide bonds. The zero-order valence-electron chi connectivity index (χ0n) is 16.1.